The number of hydrogen-bond donors (Lipinski definition) is 0. The molecule has 0 spiro atoms. The van der Waals surface area contributed by atoms with Gasteiger partial charge in [0.05, 0.1) is 45.1 Å². The van der Waals surface area contributed by atoms with Crippen LogP contribution in [0.3, 0.4) is 0 Å². The van der Waals surface area contributed by atoms with Crippen LogP contribution in [0.5, 0.6) is 0 Å². The highest BCUT2D eigenvalue weighted by Gasteiger charge is 2.24. The Morgan fingerprint density at radius 2 is 0.652 bits per heavy atom. The number of nitrogens with zero attached hydrogens (tertiary/aromatic N) is 4. The van der Waals surface area contributed by atoms with Crippen LogP contribution in [0.1, 0.15) is 17.0 Å². The Labute approximate surface area is 383 Å². The summed E-state index contributed by atoms with van der Waals surface area (Å²) in [7, 11) is 0. The molecule has 0 bridgehead atoms. The maximum atomic E-state index is 11.3. The Hall–Kier alpha value is -8.78. The van der Waals surface area contributed by atoms with Gasteiger partial charge in [0.1, 0.15) is 0 Å². The SMILES string of the molecule is Cc1cc(-c2cc(-n3c4cc(-c5ccccc5)ccc4c4ccc(-c5ccccc5)cc43)c(-n3c4cc(-c5ccccc5)ccc4c4ccc(-c5ccccc5)cc43)cc2C#N)cc(C)n1. The number of benzene rings is 9. The van der Waals surface area contributed by atoms with Crippen molar-refractivity contribution in [3.63, 3.8) is 0 Å². The predicted octanol–water partition coefficient (Wildman–Crippen LogP) is 16.1. The van der Waals surface area contributed by atoms with Crippen LogP contribution < -0.4 is 0 Å². The molecule has 0 fully saturated rings. The lowest BCUT2D eigenvalue weighted by atomic mass is 9.97. The predicted molar refractivity (Wildman–Crippen MR) is 274 cm³/mol. The highest BCUT2D eigenvalue weighted by molar-refractivity contribution is 6.14. The molecule has 12 aromatic rings. The van der Waals surface area contributed by atoms with Crippen LogP contribution in [0.25, 0.3) is 111 Å². The van der Waals surface area contributed by atoms with Gasteiger partial charge in [0.25, 0.3) is 0 Å². The van der Waals surface area contributed by atoms with E-state index in [1.807, 2.05) is 13.8 Å². The molecule has 0 amide bonds. The summed E-state index contributed by atoms with van der Waals surface area (Å²) in [6.45, 7) is 4.04. The summed E-state index contributed by atoms with van der Waals surface area (Å²) >= 11 is 0. The molecule has 3 heterocycles. The molecule has 12 rings (SSSR count). The second kappa shape index (κ2) is 15.8. The molecule has 0 saturated heterocycles. The zero-order valence-electron chi connectivity index (χ0n) is 36.6. The van der Waals surface area contributed by atoms with E-state index in [-0.39, 0.29) is 0 Å². The third kappa shape index (κ3) is 6.57. The van der Waals surface area contributed by atoms with Gasteiger partial charge >= 0.3 is 0 Å². The molecule has 66 heavy (non-hydrogen) atoms. The highest BCUT2D eigenvalue weighted by atomic mass is 15.1. The Bertz CT molecular complexity index is 3660. The first kappa shape index (κ1) is 38.9. The summed E-state index contributed by atoms with van der Waals surface area (Å²) in [5.74, 6) is 0. The fraction of sp³-hybridized carbons (Fsp3) is 0.0323. The first-order valence-corrected chi connectivity index (χ1v) is 22.4. The van der Waals surface area contributed by atoms with E-state index in [0.29, 0.717) is 5.56 Å². The summed E-state index contributed by atoms with van der Waals surface area (Å²) in [5, 5.41) is 15.8. The maximum Gasteiger partial charge on any atom is 0.0998 e. The highest BCUT2D eigenvalue weighted by Crippen LogP contribution is 2.44. The normalized spacial score (nSPS) is 11.5. The van der Waals surface area contributed by atoms with E-state index in [4.69, 9.17) is 4.98 Å². The Morgan fingerprint density at radius 1 is 0.333 bits per heavy atom. The van der Waals surface area contributed by atoms with Crippen molar-refractivity contribution in [2.45, 2.75) is 13.8 Å². The van der Waals surface area contributed by atoms with E-state index >= 15 is 0 Å². The van der Waals surface area contributed by atoms with Gasteiger partial charge in [-0.2, -0.15) is 5.26 Å². The zero-order chi connectivity index (χ0) is 44.3. The molecule has 0 aliphatic heterocycles. The first-order chi connectivity index (χ1) is 32.5. The van der Waals surface area contributed by atoms with E-state index in [1.54, 1.807) is 0 Å². The molecule has 4 nitrogen and oxygen atoms in total. The van der Waals surface area contributed by atoms with Crippen LogP contribution in [0.15, 0.2) is 218 Å². The minimum absolute atomic E-state index is 0.586. The molecule has 4 heteroatoms. The number of aryl methyl sites for hydroxylation is 2. The second-order valence-electron chi connectivity index (χ2n) is 17.2. The van der Waals surface area contributed by atoms with Gasteiger partial charge in [-0.05, 0) is 112 Å². The van der Waals surface area contributed by atoms with Gasteiger partial charge in [-0.3, -0.25) is 4.98 Å². The topological polar surface area (TPSA) is 46.5 Å². The van der Waals surface area contributed by atoms with Crippen LogP contribution in [0.4, 0.5) is 0 Å². The van der Waals surface area contributed by atoms with Crippen LogP contribution in [0.2, 0.25) is 0 Å². The van der Waals surface area contributed by atoms with Gasteiger partial charge in [0.2, 0.25) is 0 Å². The largest absolute Gasteiger partial charge is 0.307 e. The van der Waals surface area contributed by atoms with Crippen molar-refractivity contribution in [3.05, 3.63) is 235 Å². The molecular formula is C62H42N4. The lowest BCUT2D eigenvalue weighted by Gasteiger charge is -2.20. The fourth-order valence-corrected chi connectivity index (χ4v) is 10.1. The van der Waals surface area contributed by atoms with Crippen molar-refractivity contribution in [2.75, 3.05) is 0 Å². The average molecular weight is 843 g/mol. The molecule has 0 aliphatic carbocycles. The maximum absolute atomic E-state index is 11.3. The summed E-state index contributed by atoms with van der Waals surface area (Å²) in [4.78, 5) is 4.75. The number of aromatic nitrogens is 3. The second-order valence-corrected chi connectivity index (χ2v) is 17.2. The Morgan fingerprint density at radius 3 is 0.970 bits per heavy atom. The molecule has 0 atom stereocenters. The van der Waals surface area contributed by atoms with Crippen LogP contribution >= 0.6 is 0 Å². The number of pyridine rings is 1. The third-order valence-corrected chi connectivity index (χ3v) is 13.1. The van der Waals surface area contributed by atoms with Crippen LogP contribution in [0, 0.1) is 25.2 Å². The van der Waals surface area contributed by atoms with E-state index in [9.17, 15) is 5.26 Å². The number of nitriles is 1. The molecule has 0 radical (unpaired) electrons. The zero-order valence-corrected chi connectivity index (χ0v) is 36.6. The number of hydrogen-bond acceptors (Lipinski definition) is 2. The van der Waals surface area contributed by atoms with Crippen molar-refractivity contribution in [1.82, 2.24) is 14.1 Å². The minimum atomic E-state index is 0.586. The number of rotatable bonds is 7. The molecule has 0 aliphatic rings. The van der Waals surface area contributed by atoms with Crippen molar-refractivity contribution in [2.24, 2.45) is 0 Å². The molecule has 0 saturated carbocycles. The molecule has 0 unspecified atom stereocenters. The average Bonchev–Trinajstić information content (AvgIpc) is 3.87. The van der Waals surface area contributed by atoms with E-state index in [2.05, 4.69) is 234 Å². The molecule has 0 N–H and O–H groups in total. The van der Waals surface area contributed by atoms with Gasteiger partial charge in [-0.15, -0.1) is 0 Å². The summed E-state index contributed by atoms with van der Waals surface area (Å²) in [5.41, 5.74) is 19.4. The van der Waals surface area contributed by atoms with Gasteiger partial charge < -0.3 is 9.13 Å². The van der Waals surface area contributed by atoms with Crippen LogP contribution in [-0.2, 0) is 0 Å². The van der Waals surface area contributed by atoms with E-state index in [1.165, 1.54) is 0 Å². The number of fused-ring (bicyclic) bond motifs is 6. The van der Waals surface area contributed by atoms with Crippen molar-refractivity contribution in [1.29, 1.82) is 5.26 Å². The first-order valence-electron chi connectivity index (χ1n) is 22.4. The van der Waals surface area contributed by atoms with Gasteiger partial charge in [-0.1, -0.05) is 170 Å². The third-order valence-electron chi connectivity index (χ3n) is 13.1. The smallest absolute Gasteiger partial charge is 0.0998 e. The van der Waals surface area contributed by atoms with Crippen molar-refractivity contribution < 1.29 is 0 Å². The van der Waals surface area contributed by atoms with E-state index in [0.717, 1.165) is 122 Å². The molecular weight excluding hydrogens is 801 g/mol. The van der Waals surface area contributed by atoms with Gasteiger partial charge in [0.15, 0.2) is 0 Å². The fourth-order valence-electron chi connectivity index (χ4n) is 10.1. The van der Waals surface area contributed by atoms with E-state index < -0.39 is 0 Å². The Kier molecular flexibility index (Phi) is 9.29. The van der Waals surface area contributed by atoms with Gasteiger partial charge in [0, 0.05) is 38.5 Å². The van der Waals surface area contributed by atoms with Crippen LogP contribution in [-0.4, -0.2) is 14.1 Å². The quantitative estimate of drug-likeness (QED) is 0.160. The minimum Gasteiger partial charge on any atom is -0.307 e. The monoisotopic (exact) mass is 842 g/mol. The molecule has 9 aromatic carbocycles. The summed E-state index contributed by atoms with van der Waals surface area (Å²) < 4.78 is 4.86. The van der Waals surface area contributed by atoms with Crippen molar-refractivity contribution in [3.8, 4) is 73.1 Å². The molecule has 3 aromatic heterocycles. The standard InChI is InChI=1S/C62H42N4/c1-40-31-50(32-41(2)64-40)56-38-62(66-59-35-48(44-19-11-5-12-20-44)25-29-54(59)55-30-26-49(36-60(55)66)45-21-13-6-14-22-45)61(37-51(56)39-63)65-57-33-46(42-15-7-3-8-16-42)23-27-52(57)53-28-24-47(34-58(53)65)43-17-9-4-10-18-43/h3-38H,1-2H3. The lowest BCUT2D eigenvalue weighted by Crippen LogP contribution is -2.06. The van der Waals surface area contributed by atoms with Crippen molar-refractivity contribution >= 4 is 43.6 Å². The molecule has 310 valence electrons. The summed E-state index contributed by atoms with van der Waals surface area (Å²) in [6, 6.07) is 80.9. The summed E-state index contributed by atoms with van der Waals surface area (Å²) in [6.07, 6.45) is 0. The Balaban J connectivity index is 1.26. The lowest BCUT2D eigenvalue weighted by molar-refractivity contribution is 1.09. The van der Waals surface area contributed by atoms with Gasteiger partial charge in [-0.25, -0.2) is 0 Å².